The van der Waals surface area contributed by atoms with Crippen LogP contribution in [0.15, 0.2) is 89.8 Å². The molecule has 5 nitrogen and oxygen atoms in total. The van der Waals surface area contributed by atoms with Gasteiger partial charge in [0.15, 0.2) is 9.84 Å². The molecule has 3 aromatic carbocycles. The summed E-state index contributed by atoms with van der Waals surface area (Å²) in [5.41, 5.74) is 1.32. The molecule has 0 spiro atoms. The monoisotopic (exact) mass is 381 g/mol. The van der Waals surface area contributed by atoms with E-state index in [1.54, 1.807) is 37.3 Å². The lowest BCUT2D eigenvalue weighted by Crippen LogP contribution is -2.35. The maximum Gasteiger partial charge on any atom is 0.269 e. The van der Waals surface area contributed by atoms with E-state index in [1.165, 1.54) is 24.3 Å². The molecule has 0 N–H and O–H groups in total. The first-order valence-corrected chi connectivity index (χ1v) is 9.91. The summed E-state index contributed by atoms with van der Waals surface area (Å²) in [5, 5.41) is 11.0. The van der Waals surface area contributed by atoms with Crippen molar-refractivity contribution >= 4 is 15.5 Å². The van der Waals surface area contributed by atoms with Gasteiger partial charge in [0.2, 0.25) is 0 Å². The van der Waals surface area contributed by atoms with Crippen molar-refractivity contribution in [3.8, 4) is 0 Å². The predicted molar refractivity (Wildman–Crippen MR) is 104 cm³/mol. The van der Waals surface area contributed by atoms with Crippen molar-refractivity contribution < 1.29 is 13.3 Å². The molecule has 0 aliphatic rings. The first kappa shape index (κ1) is 18.8. The zero-order valence-corrected chi connectivity index (χ0v) is 15.6. The summed E-state index contributed by atoms with van der Waals surface area (Å²) in [6, 6.07) is 23.4. The Morgan fingerprint density at radius 2 is 1.37 bits per heavy atom. The van der Waals surface area contributed by atoms with E-state index < -0.39 is 19.5 Å². The van der Waals surface area contributed by atoms with E-state index in [2.05, 4.69) is 0 Å². The molecule has 1 unspecified atom stereocenters. The SMILES string of the molecule is CC(Cc1ccccc1)(c1ccc([N+](=O)[O-])cc1)S(=O)(=O)c1ccccc1. The average Bonchev–Trinajstić information content (AvgIpc) is 2.69. The lowest BCUT2D eigenvalue weighted by molar-refractivity contribution is -0.384. The summed E-state index contributed by atoms with van der Waals surface area (Å²) in [5.74, 6) is 0. The van der Waals surface area contributed by atoms with Crippen molar-refractivity contribution in [1.82, 2.24) is 0 Å². The van der Waals surface area contributed by atoms with E-state index in [0.29, 0.717) is 5.56 Å². The van der Waals surface area contributed by atoms with Crippen molar-refractivity contribution in [3.05, 3.63) is 106 Å². The second kappa shape index (κ2) is 7.32. The minimum atomic E-state index is -3.75. The van der Waals surface area contributed by atoms with Crippen molar-refractivity contribution in [1.29, 1.82) is 0 Å². The predicted octanol–water partition coefficient (Wildman–Crippen LogP) is 4.53. The van der Waals surface area contributed by atoms with Crippen molar-refractivity contribution in [2.75, 3.05) is 0 Å². The summed E-state index contributed by atoms with van der Waals surface area (Å²) in [6.07, 6.45) is 0.253. The number of nitro benzene ring substituents is 1. The maximum atomic E-state index is 13.5. The minimum Gasteiger partial charge on any atom is -0.258 e. The van der Waals surface area contributed by atoms with Gasteiger partial charge in [-0.05, 0) is 36.6 Å². The van der Waals surface area contributed by atoms with Gasteiger partial charge in [-0.3, -0.25) is 10.1 Å². The fourth-order valence-corrected chi connectivity index (χ4v) is 4.97. The molecular formula is C21H19NO4S. The molecule has 3 aromatic rings. The Balaban J connectivity index is 2.15. The molecule has 0 saturated heterocycles. The van der Waals surface area contributed by atoms with Gasteiger partial charge in [-0.25, -0.2) is 8.42 Å². The van der Waals surface area contributed by atoms with Gasteiger partial charge in [0.1, 0.15) is 4.75 Å². The molecule has 1 atom stereocenters. The van der Waals surface area contributed by atoms with Crippen LogP contribution in [0.5, 0.6) is 0 Å². The topological polar surface area (TPSA) is 77.3 Å². The van der Waals surface area contributed by atoms with Crippen molar-refractivity contribution in [2.45, 2.75) is 23.0 Å². The van der Waals surface area contributed by atoms with E-state index in [-0.39, 0.29) is 17.0 Å². The summed E-state index contributed by atoms with van der Waals surface area (Å²) in [6.45, 7) is 1.67. The van der Waals surface area contributed by atoms with Crippen LogP contribution in [-0.2, 0) is 21.0 Å². The smallest absolute Gasteiger partial charge is 0.258 e. The first-order chi connectivity index (χ1) is 12.8. The average molecular weight is 381 g/mol. The van der Waals surface area contributed by atoms with Crippen molar-refractivity contribution in [3.63, 3.8) is 0 Å². The normalized spacial score (nSPS) is 13.7. The molecule has 0 aliphatic carbocycles. The first-order valence-electron chi connectivity index (χ1n) is 8.43. The minimum absolute atomic E-state index is 0.0714. The molecule has 0 bridgehead atoms. The number of benzene rings is 3. The lowest BCUT2D eigenvalue weighted by Gasteiger charge is -2.30. The molecule has 6 heteroatoms. The van der Waals surface area contributed by atoms with Gasteiger partial charge in [0.25, 0.3) is 5.69 Å². The number of nitro groups is 1. The summed E-state index contributed by atoms with van der Waals surface area (Å²) in [7, 11) is -3.75. The number of hydrogen-bond donors (Lipinski definition) is 0. The van der Waals surface area contributed by atoms with E-state index >= 15 is 0 Å². The van der Waals surface area contributed by atoms with E-state index in [0.717, 1.165) is 5.56 Å². The van der Waals surface area contributed by atoms with Gasteiger partial charge >= 0.3 is 0 Å². The fraction of sp³-hybridized carbons (Fsp3) is 0.143. The molecular weight excluding hydrogens is 362 g/mol. The molecule has 0 radical (unpaired) electrons. The Hall–Kier alpha value is -2.99. The van der Waals surface area contributed by atoms with E-state index in [4.69, 9.17) is 0 Å². The van der Waals surface area contributed by atoms with Gasteiger partial charge in [-0.2, -0.15) is 0 Å². The Morgan fingerprint density at radius 1 is 0.852 bits per heavy atom. The number of non-ortho nitro benzene ring substituents is 1. The van der Waals surface area contributed by atoms with Crippen molar-refractivity contribution in [2.24, 2.45) is 0 Å². The largest absolute Gasteiger partial charge is 0.269 e. The number of rotatable bonds is 6. The van der Waals surface area contributed by atoms with Gasteiger partial charge in [-0.1, -0.05) is 60.7 Å². The molecule has 3 rings (SSSR count). The van der Waals surface area contributed by atoms with Crippen LogP contribution in [0.2, 0.25) is 0 Å². The lowest BCUT2D eigenvalue weighted by atomic mass is 9.92. The Bertz CT molecular complexity index is 1030. The summed E-state index contributed by atoms with van der Waals surface area (Å²) < 4.78 is 25.8. The van der Waals surface area contributed by atoms with Crippen LogP contribution >= 0.6 is 0 Å². The molecule has 0 aliphatic heterocycles. The zero-order valence-electron chi connectivity index (χ0n) is 14.8. The third-order valence-corrected chi connectivity index (χ3v) is 7.18. The third-order valence-electron chi connectivity index (χ3n) is 4.72. The van der Waals surface area contributed by atoms with Crippen LogP contribution in [0.1, 0.15) is 18.1 Å². The standard InChI is InChI=1S/C21H19NO4S/c1-21(16-17-8-4-2-5-9-17,18-12-14-19(15-13-18)22(23)24)27(25,26)20-10-6-3-7-11-20/h2-15H,16H2,1H3. The molecule has 0 amide bonds. The quantitative estimate of drug-likeness (QED) is 0.464. The Morgan fingerprint density at radius 3 is 1.89 bits per heavy atom. The highest BCUT2D eigenvalue weighted by atomic mass is 32.2. The molecule has 0 saturated carbocycles. The number of sulfone groups is 1. The fourth-order valence-electron chi connectivity index (χ4n) is 3.13. The van der Waals surface area contributed by atoms with Crippen LogP contribution in [0.3, 0.4) is 0 Å². The highest BCUT2D eigenvalue weighted by molar-refractivity contribution is 7.92. The molecule has 0 fully saturated rings. The summed E-state index contributed by atoms with van der Waals surface area (Å²) >= 11 is 0. The number of hydrogen-bond acceptors (Lipinski definition) is 4. The zero-order chi connectivity index (χ0) is 19.5. The van der Waals surface area contributed by atoms with Gasteiger partial charge < -0.3 is 0 Å². The van der Waals surface area contributed by atoms with Gasteiger partial charge in [0, 0.05) is 12.1 Å². The summed E-state index contributed by atoms with van der Waals surface area (Å²) in [4.78, 5) is 10.7. The second-order valence-corrected chi connectivity index (χ2v) is 8.89. The Kier molecular flexibility index (Phi) is 5.10. The van der Waals surface area contributed by atoms with Crippen LogP contribution in [0.25, 0.3) is 0 Å². The van der Waals surface area contributed by atoms with E-state index in [9.17, 15) is 18.5 Å². The van der Waals surface area contributed by atoms with E-state index in [1.807, 2.05) is 30.3 Å². The highest BCUT2D eigenvalue weighted by Gasteiger charge is 2.42. The maximum absolute atomic E-state index is 13.5. The van der Waals surface area contributed by atoms with Gasteiger partial charge in [0.05, 0.1) is 9.82 Å². The van der Waals surface area contributed by atoms with Gasteiger partial charge in [-0.15, -0.1) is 0 Å². The molecule has 0 heterocycles. The number of nitrogens with zero attached hydrogens (tertiary/aromatic N) is 1. The highest BCUT2D eigenvalue weighted by Crippen LogP contribution is 2.39. The van der Waals surface area contributed by atoms with Crippen LogP contribution in [0, 0.1) is 10.1 Å². The Labute approximate surface area is 158 Å². The molecule has 0 aromatic heterocycles. The second-order valence-electron chi connectivity index (χ2n) is 6.51. The van der Waals surface area contributed by atoms with Crippen LogP contribution in [-0.4, -0.2) is 13.3 Å². The van der Waals surface area contributed by atoms with Crippen LogP contribution in [0.4, 0.5) is 5.69 Å². The van der Waals surface area contributed by atoms with Crippen LogP contribution < -0.4 is 0 Å². The molecule has 27 heavy (non-hydrogen) atoms. The third kappa shape index (κ3) is 3.61. The molecule has 138 valence electrons.